The molecule has 2 aromatic heterocycles. The molecule has 2 fully saturated rings. The molecular weight excluding hydrogens is 436 g/mol. The third-order valence-electron chi connectivity index (χ3n) is 6.80. The van der Waals surface area contributed by atoms with E-state index in [1.807, 2.05) is 4.90 Å². The molecule has 1 aliphatic heterocycles. The maximum absolute atomic E-state index is 14.1. The van der Waals surface area contributed by atoms with Crippen LogP contribution in [0, 0.1) is 11.7 Å². The minimum Gasteiger partial charge on any atom is -0.496 e. The number of methoxy groups -OCH3 is 1. The predicted octanol–water partition coefficient (Wildman–Crippen LogP) is 5.23. The van der Waals surface area contributed by atoms with Crippen LogP contribution in [0.1, 0.15) is 54.1 Å². The topological polar surface area (TPSA) is 42.7 Å². The molecule has 0 bridgehead atoms. The van der Waals surface area contributed by atoms with E-state index in [1.165, 1.54) is 23.6 Å². The molecule has 5 rings (SSSR count). The number of rotatable bonds is 6. The van der Waals surface area contributed by atoms with Crippen LogP contribution in [0.25, 0.3) is 5.65 Å². The van der Waals surface area contributed by atoms with E-state index in [4.69, 9.17) is 4.74 Å². The summed E-state index contributed by atoms with van der Waals surface area (Å²) in [5.41, 5.74) is 0.365. The minimum absolute atomic E-state index is 0.110. The van der Waals surface area contributed by atoms with Gasteiger partial charge in [0.2, 0.25) is 0 Å². The number of alkyl halides is 3. The molecule has 0 radical (unpaired) electrons. The molecule has 0 N–H and O–H groups in total. The van der Waals surface area contributed by atoms with Crippen LogP contribution in [-0.4, -0.2) is 39.7 Å². The lowest BCUT2D eigenvalue weighted by atomic mass is 9.88. The van der Waals surface area contributed by atoms with Gasteiger partial charge in [-0.3, -0.25) is 9.30 Å². The van der Waals surface area contributed by atoms with Crippen molar-refractivity contribution in [3.8, 4) is 5.75 Å². The number of pyridine rings is 1. The second kappa shape index (κ2) is 8.59. The summed E-state index contributed by atoms with van der Waals surface area (Å²) < 4.78 is 62.6. The quantitative estimate of drug-likeness (QED) is 0.471. The Morgan fingerprint density at radius 3 is 2.48 bits per heavy atom. The third kappa shape index (κ3) is 4.55. The van der Waals surface area contributed by atoms with Gasteiger partial charge in [0.25, 0.3) is 0 Å². The first-order valence-electron chi connectivity index (χ1n) is 11.3. The molecule has 3 heterocycles. The number of hydrogen-bond acceptors (Lipinski definition) is 4. The van der Waals surface area contributed by atoms with Crippen molar-refractivity contribution in [2.24, 2.45) is 5.92 Å². The van der Waals surface area contributed by atoms with Gasteiger partial charge in [-0.05, 0) is 73.9 Å². The van der Waals surface area contributed by atoms with Crippen LogP contribution in [0.15, 0.2) is 30.5 Å². The van der Waals surface area contributed by atoms with Gasteiger partial charge in [0.15, 0.2) is 5.65 Å². The zero-order chi connectivity index (χ0) is 23.2. The van der Waals surface area contributed by atoms with E-state index in [-0.39, 0.29) is 29.5 Å². The second-order valence-corrected chi connectivity index (χ2v) is 9.11. The maximum Gasteiger partial charge on any atom is 0.420 e. The number of ether oxygens (including phenoxy) is 1. The van der Waals surface area contributed by atoms with Gasteiger partial charge in [-0.25, -0.2) is 4.39 Å². The monoisotopic (exact) mass is 462 g/mol. The highest BCUT2D eigenvalue weighted by Crippen LogP contribution is 2.39. The molecule has 1 saturated carbocycles. The van der Waals surface area contributed by atoms with Crippen LogP contribution in [-0.2, 0) is 19.1 Å². The van der Waals surface area contributed by atoms with Crippen LogP contribution >= 0.6 is 0 Å². The summed E-state index contributed by atoms with van der Waals surface area (Å²) in [4.78, 5) is 2.04. The van der Waals surface area contributed by atoms with E-state index in [0.29, 0.717) is 37.0 Å². The van der Waals surface area contributed by atoms with Crippen molar-refractivity contribution in [1.29, 1.82) is 0 Å². The Morgan fingerprint density at radius 2 is 1.82 bits per heavy atom. The van der Waals surface area contributed by atoms with Crippen molar-refractivity contribution >= 4 is 5.65 Å². The zero-order valence-electron chi connectivity index (χ0n) is 18.4. The summed E-state index contributed by atoms with van der Waals surface area (Å²) in [6, 6.07) is 6.10. The Morgan fingerprint density at radius 1 is 1.06 bits per heavy atom. The first-order valence-corrected chi connectivity index (χ1v) is 11.3. The molecule has 1 saturated heterocycles. The van der Waals surface area contributed by atoms with Gasteiger partial charge in [-0.1, -0.05) is 6.07 Å². The first kappa shape index (κ1) is 22.1. The van der Waals surface area contributed by atoms with E-state index in [0.717, 1.165) is 31.2 Å². The molecule has 0 amide bonds. The molecule has 1 aromatic carbocycles. The third-order valence-corrected chi connectivity index (χ3v) is 6.80. The van der Waals surface area contributed by atoms with Crippen LogP contribution in [0.3, 0.4) is 0 Å². The van der Waals surface area contributed by atoms with Crippen LogP contribution in [0.5, 0.6) is 5.75 Å². The van der Waals surface area contributed by atoms with Gasteiger partial charge in [-0.15, -0.1) is 10.2 Å². The van der Waals surface area contributed by atoms with Gasteiger partial charge in [0, 0.05) is 25.2 Å². The average Bonchev–Trinajstić information content (AvgIpc) is 3.52. The summed E-state index contributed by atoms with van der Waals surface area (Å²) in [7, 11) is 1.52. The van der Waals surface area contributed by atoms with E-state index in [9.17, 15) is 17.6 Å². The van der Waals surface area contributed by atoms with Gasteiger partial charge in [0.1, 0.15) is 23.0 Å². The van der Waals surface area contributed by atoms with Crippen molar-refractivity contribution in [2.75, 3.05) is 20.2 Å². The van der Waals surface area contributed by atoms with Crippen molar-refractivity contribution in [3.63, 3.8) is 0 Å². The maximum atomic E-state index is 14.1. The molecule has 0 unspecified atom stereocenters. The Kier molecular flexibility index (Phi) is 5.76. The van der Waals surface area contributed by atoms with Crippen LogP contribution in [0.4, 0.5) is 17.6 Å². The Hall–Kier alpha value is -2.68. The normalized spacial score (nSPS) is 18.2. The Balaban J connectivity index is 1.34. The van der Waals surface area contributed by atoms with Crippen LogP contribution < -0.4 is 4.74 Å². The van der Waals surface area contributed by atoms with Crippen molar-refractivity contribution in [3.05, 3.63) is 58.8 Å². The average molecular weight is 462 g/mol. The molecule has 9 heteroatoms. The SMILES string of the molecule is COc1cc(F)ccc1C1CCN(Cc2ccn3c(CC4CC4)nnc3c2C(F)(F)F)CC1. The molecule has 3 aromatic rings. The number of nitrogens with zero attached hydrogens (tertiary/aromatic N) is 4. The number of halogens is 4. The fraction of sp³-hybridized carbons (Fsp3) is 0.500. The number of likely N-dealkylation sites (tertiary alicyclic amines) is 1. The van der Waals surface area contributed by atoms with E-state index in [1.54, 1.807) is 18.3 Å². The predicted molar refractivity (Wildman–Crippen MR) is 115 cm³/mol. The molecule has 33 heavy (non-hydrogen) atoms. The number of aromatic nitrogens is 3. The molecule has 176 valence electrons. The Bertz CT molecular complexity index is 1150. The van der Waals surface area contributed by atoms with Gasteiger partial charge in [-0.2, -0.15) is 13.2 Å². The van der Waals surface area contributed by atoms with E-state index >= 15 is 0 Å². The molecule has 0 atom stereocenters. The lowest BCUT2D eigenvalue weighted by molar-refractivity contribution is -0.137. The van der Waals surface area contributed by atoms with Crippen molar-refractivity contribution < 1.29 is 22.3 Å². The largest absolute Gasteiger partial charge is 0.496 e. The minimum atomic E-state index is -4.51. The van der Waals surface area contributed by atoms with Gasteiger partial charge in [0.05, 0.1) is 7.11 Å². The molecule has 0 spiro atoms. The summed E-state index contributed by atoms with van der Waals surface area (Å²) in [5.74, 6) is 1.46. The molecule has 2 aliphatic rings. The highest BCUT2D eigenvalue weighted by Gasteiger charge is 2.38. The van der Waals surface area contributed by atoms with Gasteiger partial charge >= 0.3 is 6.18 Å². The molecule has 1 aliphatic carbocycles. The Labute approximate surface area is 189 Å². The highest BCUT2D eigenvalue weighted by molar-refractivity contribution is 5.53. The molecule has 5 nitrogen and oxygen atoms in total. The lowest BCUT2D eigenvalue weighted by Gasteiger charge is -2.33. The lowest BCUT2D eigenvalue weighted by Crippen LogP contribution is -2.33. The van der Waals surface area contributed by atoms with Crippen LogP contribution in [0.2, 0.25) is 0 Å². The highest BCUT2D eigenvalue weighted by atomic mass is 19.4. The number of benzene rings is 1. The van der Waals surface area contributed by atoms with E-state index < -0.39 is 11.7 Å². The summed E-state index contributed by atoms with van der Waals surface area (Å²) in [5, 5.41) is 7.99. The second-order valence-electron chi connectivity index (χ2n) is 9.11. The summed E-state index contributed by atoms with van der Waals surface area (Å²) in [6.07, 6.45) is 1.55. The van der Waals surface area contributed by atoms with Crippen molar-refractivity contribution in [1.82, 2.24) is 19.5 Å². The number of fused-ring (bicyclic) bond motifs is 1. The van der Waals surface area contributed by atoms with E-state index in [2.05, 4.69) is 10.2 Å². The summed E-state index contributed by atoms with van der Waals surface area (Å²) in [6.45, 7) is 1.49. The summed E-state index contributed by atoms with van der Waals surface area (Å²) >= 11 is 0. The zero-order valence-corrected chi connectivity index (χ0v) is 18.4. The van der Waals surface area contributed by atoms with Gasteiger partial charge < -0.3 is 4.74 Å². The fourth-order valence-corrected chi connectivity index (χ4v) is 4.87. The standard InChI is InChI=1S/C24H26F4N4O/c1-33-20-13-18(25)4-5-19(20)16-6-9-31(10-7-16)14-17-8-11-32-21(12-15-2-3-15)29-30-23(32)22(17)24(26,27)28/h4-5,8,11,13,15-16H,2-3,6-7,9-10,12,14H2,1H3. The van der Waals surface area contributed by atoms with Crippen molar-refractivity contribution in [2.45, 2.75) is 50.7 Å². The molecular formula is C24H26F4N4O. The number of hydrogen-bond donors (Lipinski definition) is 0. The fourth-order valence-electron chi connectivity index (χ4n) is 4.87. The number of piperidine rings is 1. The first-order chi connectivity index (χ1) is 15.8. The smallest absolute Gasteiger partial charge is 0.420 e.